The fourth-order valence-electron chi connectivity index (χ4n) is 2.72. The molecule has 2 heterocycles. The smallest absolute Gasteiger partial charge is 0.263 e. The van der Waals surface area contributed by atoms with Crippen LogP contribution in [0.5, 0.6) is 0 Å². The molecule has 0 saturated carbocycles. The maximum absolute atomic E-state index is 12.8. The zero-order chi connectivity index (χ0) is 18.7. The van der Waals surface area contributed by atoms with Crippen LogP contribution >= 0.6 is 22.9 Å². The van der Waals surface area contributed by atoms with E-state index in [9.17, 15) is 4.79 Å². The molecule has 26 heavy (non-hydrogen) atoms. The van der Waals surface area contributed by atoms with Crippen molar-refractivity contribution in [3.8, 4) is 11.3 Å². The van der Waals surface area contributed by atoms with Gasteiger partial charge >= 0.3 is 0 Å². The first-order valence-corrected chi connectivity index (χ1v) is 9.60. The number of carbonyl (C=O) groups excluding carboxylic acids is 1. The monoisotopic (exact) mass is 390 g/mol. The second-order valence-electron chi connectivity index (χ2n) is 5.86. The highest BCUT2D eigenvalue weighted by molar-refractivity contribution is 7.15. The fourth-order valence-corrected chi connectivity index (χ4v) is 3.95. The van der Waals surface area contributed by atoms with Crippen LogP contribution in [0.25, 0.3) is 11.3 Å². The molecule has 0 fully saturated rings. The summed E-state index contributed by atoms with van der Waals surface area (Å²) in [7, 11) is 0. The summed E-state index contributed by atoms with van der Waals surface area (Å²) in [6, 6.07) is 7.19. The molecule has 0 aliphatic heterocycles. The minimum atomic E-state index is -0.342. The molecule has 0 bridgehead atoms. The van der Waals surface area contributed by atoms with Crippen LogP contribution < -0.4 is 5.32 Å². The van der Waals surface area contributed by atoms with Gasteiger partial charge < -0.3 is 4.52 Å². The first kappa shape index (κ1) is 18.5. The number of hydrogen-bond acceptors (Lipinski definition) is 6. The normalized spacial score (nSPS) is 11.1. The lowest BCUT2D eigenvalue weighted by molar-refractivity contribution is 0.102. The number of hydrogen-bond donors (Lipinski definition) is 1. The Bertz CT molecular complexity index is 918. The topological polar surface area (TPSA) is 80.9 Å². The van der Waals surface area contributed by atoms with Crippen LogP contribution in [-0.4, -0.2) is 21.3 Å². The van der Waals surface area contributed by atoms with Crippen molar-refractivity contribution in [3.05, 3.63) is 45.6 Å². The molecule has 0 radical (unpaired) electrons. The number of nitrogens with one attached hydrogen (secondary N) is 1. The molecular weight excluding hydrogens is 372 g/mol. The Balaban J connectivity index is 1.88. The SMILES string of the molecule is CCC(CC)c1nnc(NC(=O)c2c(-c3ccccc3Cl)noc2C)s1. The summed E-state index contributed by atoms with van der Waals surface area (Å²) in [6.45, 7) is 5.92. The summed E-state index contributed by atoms with van der Waals surface area (Å²) in [5, 5.41) is 17.0. The van der Waals surface area contributed by atoms with Crippen molar-refractivity contribution < 1.29 is 9.32 Å². The van der Waals surface area contributed by atoms with Gasteiger partial charge in [-0.25, -0.2) is 0 Å². The largest absolute Gasteiger partial charge is 0.360 e. The number of aryl methyl sites for hydroxylation is 1. The van der Waals surface area contributed by atoms with Gasteiger partial charge in [-0.2, -0.15) is 0 Å². The molecule has 6 nitrogen and oxygen atoms in total. The first-order valence-electron chi connectivity index (χ1n) is 8.41. The summed E-state index contributed by atoms with van der Waals surface area (Å²) in [4.78, 5) is 12.8. The second-order valence-corrected chi connectivity index (χ2v) is 7.27. The van der Waals surface area contributed by atoms with Crippen LogP contribution in [0.3, 0.4) is 0 Å². The van der Waals surface area contributed by atoms with Gasteiger partial charge in [0, 0.05) is 11.5 Å². The number of aromatic nitrogens is 3. The van der Waals surface area contributed by atoms with Crippen LogP contribution in [0.2, 0.25) is 5.02 Å². The molecule has 2 aromatic heterocycles. The van der Waals surface area contributed by atoms with Gasteiger partial charge in [0.05, 0.1) is 5.02 Å². The molecule has 0 unspecified atom stereocenters. The highest BCUT2D eigenvalue weighted by Crippen LogP contribution is 2.32. The predicted molar refractivity (Wildman–Crippen MR) is 103 cm³/mol. The average molecular weight is 391 g/mol. The molecule has 3 rings (SSSR count). The number of benzene rings is 1. The van der Waals surface area contributed by atoms with Crippen molar-refractivity contribution in [3.63, 3.8) is 0 Å². The second kappa shape index (κ2) is 7.97. The molecule has 136 valence electrons. The van der Waals surface area contributed by atoms with E-state index in [1.54, 1.807) is 19.1 Å². The van der Waals surface area contributed by atoms with Crippen LogP contribution in [0.4, 0.5) is 5.13 Å². The number of halogens is 1. The average Bonchev–Trinajstić information content (AvgIpc) is 3.23. The van der Waals surface area contributed by atoms with Gasteiger partial charge in [0.15, 0.2) is 0 Å². The Hall–Kier alpha value is -2.25. The minimum Gasteiger partial charge on any atom is -0.360 e. The highest BCUT2D eigenvalue weighted by Gasteiger charge is 2.24. The molecule has 1 amide bonds. The molecule has 8 heteroatoms. The van der Waals surface area contributed by atoms with Crippen molar-refractivity contribution in [2.45, 2.75) is 39.5 Å². The lowest BCUT2D eigenvalue weighted by Crippen LogP contribution is -2.13. The molecule has 0 atom stereocenters. The molecular formula is C18H19ClN4O2S. The van der Waals surface area contributed by atoms with Crippen molar-refractivity contribution in [1.82, 2.24) is 15.4 Å². The maximum atomic E-state index is 12.8. The third-order valence-corrected chi connectivity index (χ3v) is 5.55. The van der Waals surface area contributed by atoms with Gasteiger partial charge in [-0.15, -0.1) is 10.2 Å². The van der Waals surface area contributed by atoms with Crippen molar-refractivity contribution in [2.24, 2.45) is 0 Å². The Morgan fingerprint density at radius 1 is 1.27 bits per heavy atom. The maximum Gasteiger partial charge on any atom is 0.263 e. The van der Waals surface area contributed by atoms with Crippen LogP contribution in [-0.2, 0) is 0 Å². The molecule has 0 saturated heterocycles. The Labute approximate surface area is 160 Å². The number of carbonyl (C=O) groups is 1. The zero-order valence-electron chi connectivity index (χ0n) is 14.7. The van der Waals surface area contributed by atoms with E-state index in [1.165, 1.54) is 11.3 Å². The molecule has 1 aromatic carbocycles. The van der Waals surface area contributed by atoms with Crippen molar-refractivity contribution >= 4 is 34.0 Å². The molecule has 0 spiro atoms. The van der Waals surface area contributed by atoms with Crippen LogP contribution in [0, 0.1) is 6.92 Å². The third-order valence-electron chi connectivity index (χ3n) is 4.21. The lowest BCUT2D eigenvalue weighted by atomic mass is 10.1. The highest BCUT2D eigenvalue weighted by atomic mass is 35.5. The van der Waals surface area contributed by atoms with E-state index in [1.807, 2.05) is 12.1 Å². The van der Waals surface area contributed by atoms with Gasteiger partial charge in [-0.3, -0.25) is 10.1 Å². The van der Waals surface area contributed by atoms with Gasteiger partial charge in [0.1, 0.15) is 22.0 Å². The van der Waals surface area contributed by atoms with Crippen LogP contribution in [0.1, 0.15) is 53.7 Å². The summed E-state index contributed by atoms with van der Waals surface area (Å²) in [6.07, 6.45) is 1.97. The fraction of sp³-hybridized carbons (Fsp3) is 0.333. The third kappa shape index (κ3) is 3.64. The van der Waals surface area contributed by atoms with Gasteiger partial charge in [0.2, 0.25) is 5.13 Å². The van der Waals surface area contributed by atoms with E-state index < -0.39 is 0 Å². The minimum absolute atomic E-state index is 0.342. The van der Waals surface area contributed by atoms with E-state index in [4.69, 9.17) is 16.1 Å². The van der Waals surface area contributed by atoms with Crippen molar-refractivity contribution in [1.29, 1.82) is 0 Å². The number of rotatable bonds is 6. The molecule has 0 aliphatic carbocycles. The van der Waals surface area contributed by atoms with E-state index >= 15 is 0 Å². The van der Waals surface area contributed by atoms with Crippen LogP contribution in [0.15, 0.2) is 28.8 Å². The molecule has 3 aromatic rings. The van der Waals surface area contributed by atoms with Gasteiger partial charge in [-0.05, 0) is 25.8 Å². The number of amides is 1. The van der Waals surface area contributed by atoms with Crippen molar-refractivity contribution in [2.75, 3.05) is 5.32 Å². The number of nitrogens with zero attached hydrogens (tertiary/aromatic N) is 3. The summed E-state index contributed by atoms with van der Waals surface area (Å²) in [5.74, 6) is 0.433. The molecule has 1 N–H and O–H groups in total. The van der Waals surface area contributed by atoms with Gasteiger partial charge in [0.25, 0.3) is 5.91 Å². The predicted octanol–water partition coefficient (Wildman–Crippen LogP) is 5.31. The molecule has 0 aliphatic rings. The number of anilines is 1. The standard InChI is InChI=1S/C18H19ClN4O2S/c1-4-11(5-2)17-21-22-18(26-17)20-16(24)14-10(3)25-23-15(14)12-8-6-7-9-13(12)19/h6-9,11H,4-5H2,1-3H3,(H,20,22,24). The lowest BCUT2D eigenvalue weighted by Gasteiger charge is -2.06. The van der Waals surface area contributed by atoms with Gasteiger partial charge in [-0.1, -0.05) is 60.1 Å². The Morgan fingerprint density at radius 2 is 2.00 bits per heavy atom. The summed E-state index contributed by atoms with van der Waals surface area (Å²) in [5.41, 5.74) is 1.40. The quantitative estimate of drug-likeness (QED) is 0.616. The summed E-state index contributed by atoms with van der Waals surface area (Å²) < 4.78 is 5.24. The summed E-state index contributed by atoms with van der Waals surface area (Å²) >= 11 is 7.64. The zero-order valence-corrected chi connectivity index (χ0v) is 16.3. The Kier molecular flexibility index (Phi) is 5.68. The van der Waals surface area contributed by atoms with E-state index in [0.29, 0.717) is 38.7 Å². The van der Waals surface area contributed by atoms with E-state index in [0.717, 1.165) is 17.8 Å². The van der Waals surface area contributed by atoms with E-state index in [2.05, 4.69) is 34.5 Å². The Morgan fingerprint density at radius 3 is 2.69 bits per heavy atom. The first-order chi connectivity index (χ1) is 12.5. The van der Waals surface area contributed by atoms with E-state index in [-0.39, 0.29) is 5.91 Å².